The van der Waals surface area contributed by atoms with Gasteiger partial charge in [-0.05, 0) is 50.1 Å². The third kappa shape index (κ3) is 2.04. The van der Waals surface area contributed by atoms with Crippen LogP contribution < -0.4 is 10.5 Å². The molecule has 0 aliphatic carbocycles. The van der Waals surface area contributed by atoms with E-state index in [1.807, 2.05) is 25.1 Å². The summed E-state index contributed by atoms with van der Waals surface area (Å²) >= 11 is 0. The number of rotatable bonds is 2. The lowest BCUT2D eigenvalue weighted by Gasteiger charge is -2.13. The van der Waals surface area contributed by atoms with Crippen molar-refractivity contribution in [1.82, 2.24) is 4.98 Å². The maximum atomic E-state index is 5.80. The smallest absolute Gasteiger partial charge is 0.131 e. The van der Waals surface area contributed by atoms with Crippen molar-refractivity contribution in [3.05, 3.63) is 41.1 Å². The number of benzene rings is 1. The molecule has 0 radical (unpaired) electrons. The molecule has 18 heavy (non-hydrogen) atoms. The molecule has 0 saturated carbocycles. The Morgan fingerprint density at radius 1 is 1.06 bits per heavy atom. The largest absolute Gasteiger partial charge is 0.496 e. The van der Waals surface area contributed by atoms with Gasteiger partial charge in [0.05, 0.1) is 24.2 Å². The maximum Gasteiger partial charge on any atom is 0.131 e. The van der Waals surface area contributed by atoms with Gasteiger partial charge in [0.1, 0.15) is 5.75 Å². The molecule has 0 aliphatic heterocycles. The number of ether oxygens (including phenoxy) is 1. The lowest BCUT2D eigenvalue weighted by molar-refractivity contribution is 0.413. The predicted molar refractivity (Wildman–Crippen MR) is 74.8 cm³/mol. The summed E-state index contributed by atoms with van der Waals surface area (Å²) < 4.78 is 5.51. The van der Waals surface area contributed by atoms with Crippen molar-refractivity contribution in [2.24, 2.45) is 0 Å². The van der Waals surface area contributed by atoms with Gasteiger partial charge >= 0.3 is 0 Å². The van der Waals surface area contributed by atoms with Crippen LogP contribution in [-0.2, 0) is 0 Å². The van der Waals surface area contributed by atoms with Gasteiger partial charge in [0.25, 0.3) is 0 Å². The Hall–Kier alpha value is -2.03. The Balaban J connectivity index is 2.63. The monoisotopic (exact) mass is 242 g/mol. The molecule has 3 nitrogen and oxygen atoms in total. The lowest BCUT2D eigenvalue weighted by Crippen LogP contribution is -1.98. The van der Waals surface area contributed by atoms with E-state index >= 15 is 0 Å². The number of hydrogen-bond acceptors (Lipinski definition) is 3. The highest BCUT2D eigenvalue weighted by Gasteiger charge is 2.12. The van der Waals surface area contributed by atoms with E-state index in [9.17, 15) is 0 Å². The van der Waals surface area contributed by atoms with E-state index in [1.165, 1.54) is 5.56 Å². The Bertz CT molecular complexity index is 591. The molecule has 3 heteroatoms. The predicted octanol–water partition coefficient (Wildman–Crippen LogP) is 3.26. The minimum absolute atomic E-state index is 0.710. The molecule has 2 rings (SSSR count). The summed E-state index contributed by atoms with van der Waals surface area (Å²) in [5, 5.41) is 0. The minimum Gasteiger partial charge on any atom is -0.496 e. The first kappa shape index (κ1) is 12.4. The molecule has 0 unspecified atom stereocenters. The third-order valence-corrected chi connectivity index (χ3v) is 3.28. The molecule has 2 N–H and O–H groups in total. The lowest BCUT2D eigenvalue weighted by atomic mass is 10.0. The van der Waals surface area contributed by atoms with Crippen LogP contribution in [0.5, 0.6) is 5.75 Å². The van der Waals surface area contributed by atoms with Gasteiger partial charge in [0.15, 0.2) is 0 Å². The topological polar surface area (TPSA) is 48.1 Å². The molecule has 0 amide bonds. The van der Waals surface area contributed by atoms with E-state index in [2.05, 4.69) is 24.9 Å². The molecule has 0 saturated heterocycles. The van der Waals surface area contributed by atoms with Gasteiger partial charge in [-0.15, -0.1) is 0 Å². The molecule has 0 atom stereocenters. The molecule has 0 bridgehead atoms. The number of pyridine rings is 1. The molecule has 1 aromatic carbocycles. The molecule has 0 fully saturated rings. The quantitative estimate of drug-likeness (QED) is 0.879. The van der Waals surface area contributed by atoms with E-state index in [1.54, 1.807) is 7.11 Å². The van der Waals surface area contributed by atoms with Gasteiger partial charge < -0.3 is 10.5 Å². The summed E-state index contributed by atoms with van der Waals surface area (Å²) in [7, 11) is 1.69. The van der Waals surface area contributed by atoms with Gasteiger partial charge in [-0.2, -0.15) is 0 Å². The summed E-state index contributed by atoms with van der Waals surface area (Å²) in [6.45, 7) is 6.04. The number of hydrogen-bond donors (Lipinski definition) is 1. The molecule has 1 heterocycles. The average Bonchev–Trinajstić information content (AvgIpc) is 2.36. The van der Waals surface area contributed by atoms with Crippen molar-refractivity contribution in [2.45, 2.75) is 20.8 Å². The van der Waals surface area contributed by atoms with E-state index in [0.29, 0.717) is 5.69 Å². The van der Waals surface area contributed by atoms with Crippen molar-refractivity contribution >= 4 is 5.69 Å². The molecule has 1 aromatic heterocycles. The van der Waals surface area contributed by atoms with Crippen LogP contribution in [0.1, 0.15) is 16.8 Å². The number of nitrogens with two attached hydrogens (primary N) is 1. The third-order valence-electron chi connectivity index (χ3n) is 3.28. The second kappa shape index (κ2) is 4.69. The van der Waals surface area contributed by atoms with Crippen LogP contribution in [0.3, 0.4) is 0 Å². The van der Waals surface area contributed by atoms with Crippen LogP contribution in [0.25, 0.3) is 11.3 Å². The Labute approximate surface area is 108 Å². The van der Waals surface area contributed by atoms with Gasteiger partial charge in [0, 0.05) is 5.56 Å². The molecule has 0 aliphatic rings. The summed E-state index contributed by atoms with van der Waals surface area (Å²) in [4.78, 5) is 4.52. The zero-order chi connectivity index (χ0) is 13.3. The first-order valence-corrected chi connectivity index (χ1v) is 5.92. The second-order valence-corrected chi connectivity index (χ2v) is 4.46. The minimum atomic E-state index is 0.710. The molecule has 94 valence electrons. The molecule has 2 aromatic rings. The number of nitrogens with zero attached hydrogens (tertiary/aromatic N) is 1. The normalized spacial score (nSPS) is 10.4. The van der Waals surface area contributed by atoms with Crippen LogP contribution in [0.15, 0.2) is 24.3 Å². The number of methoxy groups -OCH3 is 1. The van der Waals surface area contributed by atoms with E-state index < -0.39 is 0 Å². The maximum absolute atomic E-state index is 5.80. The number of nitrogen functional groups attached to an aromatic ring is 1. The highest BCUT2D eigenvalue weighted by Crippen LogP contribution is 2.34. The van der Waals surface area contributed by atoms with E-state index in [0.717, 1.165) is 28.3 Å². The van der Waals surface area contributed by atoms with Crippen LogP contribution in [0.2, 0.25) is 0 Å². The van der Waals surface area contributed by atoms with E-state index in [-0.39, 0.29) is 0 Å². The number of anilines is 1. The molecule has 0 spiro atoms. The van der Waals surface area contributed by atoms with Crippen LogP contribution >= 0.6 is 0 Å². The zero-order valence-corrected chi connectivity index (χ0v) is 11.2. The summed E-state index contributed by atoms with van der Waals surface area (Å²) in [6.07, 6.45) is 0. The Morgan fingerprint density at radius 2 is 1.78 bits per heavy atom. The fraction of sp³-hybridized carbons (Fsp3) is 0.267. The fourth-order valence-electron chi connectivity index (χ4n) is 1.98. The Kier molecular flexibility index (Phi) is 3.24. The summed E-state index contributed by atoms with van der Waals surface area (Å²) in [6, 6.07) is 7.93. The SMILES string of the molecule is COc1c(-c2ccc(N)c(C)n2)ccc(C)c1C. The van der Waals surface area contributed by atoms with Crippen molar-refractivity contribution < 1.29 is 4.74 Å². The van der Waals surface area contributed by atoms with Crippen LogP contribution in [0.4, 0.5) is 5.69 Å². The van der Waals surface area contributed by atoms with Gasteiger partial charge in [-0.1, -0.05) is 6.07 Å². The van der Waals surface area contributed by atoms with Crippen molar-refractivity contribution in [3.8, 4) is 17.0 Å². The van der Waals surface area contributed by atoms with E-state index in [4.69, 9.17) is 10.5 Å². The number of aryl methyl sites for hydroxylation is 2. The second-order valence-electron chi connectivity index (χ2n) is 4.46. The fourth-order valence-corrected chi connectivity index (χ4v) is 1.98. The summed E-state index contributed by atoms with van der Waals surface area (Å²) in [5.41, 5.74) is 11.6. The highest BCUT2D eigenvalue weighted by atomic mass is 16.5. The van der Waals surface area contributed by atoms with Crippen LogP contribution in [-0.4, -0.2) is 12.1 Å². The van der Waals surface area contributed by atoms with Crippen molar-refractivity contribution in [1.29, 1.82) is 0 Å². The van der Waals surface area contributed by atoms with Gasteiger partial charge in [-0.3, -0.25) is 4.98 Å². The number of aromatic nitrogens is 1. The Morgan fingerprint density at radius 3 is 2.39 bits per heavy atom. The van der Waals surface area contributed by atoms with Gasteiger partial charge in [-0.25, -0.2) is 0 Å². The summed E-state index contributed by atoms with van der Waals surface area (Å²) in [5.74, 6) is 0.881. The molecular formula is C15H18N2O. The average molecular weight is 242 g/mol. The zero-order valence-electron chi connectivity index (χ0n) is 11.2. The highest BCUT2D eigenvalue weighted by molar-refractivity contribution is 5.71. The van der Waals surface area contributed by atoms with Crippen LogP contribution in [0, 0.1) is 20.8 Å². The molecular weight excluding hydrogens is 224 g/mol. The first-order chi connectivity index (χ1) is 8.54. The van der Waals surface area contributed by atoms with Gasteiger partial charge in [0.2, 0.25) is 0 Å². The van der Waals surface area contributed by atoms with Crippen molar-refractivity contribution in [2.75, 3.05) is 12.8 Å². The first-order valence-electron chi connectivity index (χ1n) is 5.92. The standard InChI is InChI=1S/C15H18N2O/c1-9-5-6-12(15(18-4)10(9)2)14-8-7-13(16)11(3)17-14/h5-8H,16H2,1-4H3. The van der Waals surface area contributed by atoms with Crippen molar-refractivity contribution in [3.63, 3.8) is 0 Å².